The third-order valence-electron chi connectivity index (χ3n) is 2.48. The van der Waals surface area contributed by atoms with Crippen LogP contribution in [0.2, 0.25) is 0 Å². The van der Waals surface area contributed by atoms with Gasteiger partial charge in [0.1, 0.15) is 0 Å². The number of rotatable bonds is 1. The number of nitrogens with zero attached hydrogens (tertiary/aromatic N) is 2. The molecular weight excluding hydrogens is 378 g/mol. The predicted molar refractivity (Wildman–Crippen MR) is 75.0 cm³/mol. The van der Waals surface area contributed by atoms with E-state index in [1.165, 1.54) is 23.8 Å². The molecule has 2 aromatic heterocycles. The number of hydrogen-bond donors (Lipinski definition) is 0. The monoisotopic (exact) mass is 388 g/mol. The summed E-state index contributed by atoms with van der Waals surface area (Å²) in [5.41, 5.74) is 2.66. The van der Waals surface area contributed by atoms with Gasteiger partial charge in [0.05, 0.1) is 0 Å². The molecule has 0 aliphatic rings. The van der Waals surface area contributed by atoms with Crippen LogP contribution in [0.25, 0.3) is 14.5 Å². The van der Waals surface area contributed by atoms with E-state index in [-0.39, 0.29) is 0 Å². The number of aryl methyl sites for hydroxylation is 1. The van der Waals surface area contributed by atoms with Crippen molar-refractivity contribution in [1.29, 1.82) is 0 Å². The topological polar surface area (TPSA) is 17.3 Å². The van der Waals surface area contributed by atoms with E-state index in [1.807, 2.05) is 12.4 Å². The number of hydrogen-bond acceptors (Lipinski definition) is 1. The average molecular weight is 387 g/mol. The second kappa shape index (κ2) is 4.02. The van der Waals surface area contributed by atoms with Crippen molar-refractivity contribution in [2.75, 3.05) is 0 Å². The molecular formula is C12H9IN2Se. The van der Waals surface area contributed by atoms with Crippen molar-refractivity contribution in [3.05, 3.63) is 45.9 Å². The first-order valence-corrected chi connectivity index (χ1v) is 7.73. The summed E-state index contributed by atoms with van der Waals surface area (Å²) in [5, 5.41) is 0. The van der Waals surface area contributed by atoms with Crippen molar-refractivity contribution >= 4 is 41.6 Å². The van der Waals surface area contributed by atoms with Crippen molar-refractivity contribution in [3.63, 3.8) is 0 Å². The van der Waals surface area contributed by atoms with Crippen molar-refractivity contribution < 1.29 is 0 Å². The molecule has 0 atom stereocenters. The summed E-state index contributed by atoms with van der Waals surface area (Å²) < 4.78 is 6.14. The molecule has 0 spiro atoms. The Morgan fingerprint density at radius 1 is 1.38 bits per heavy atom. The summed E-state index contributed by atoms with van der Waals surface area (Å²) in [6.45, 7) is 2.14. The van der Waals surface area contributed by atoms with E-state index in [2.05, 4.69) is 63.2 Å². The van der Waals surface area contributed by atoms with Gasteiger partial charge in [-0.05, 0) is 0 Å². The number of aromatic nitrogens is 2. The van der Waals surface area contributed by atoms with Crippen LogP contribution in [0.3, 0.4) is 0 Å². The second-order valence-electron chi connectivity index (χ2n) is 3.67. The standard InChI is InChI=1S/C12H9IN2Se/c1-8-3-2-4-9(7-8)10-11(13)15-6-5-14-12(15)16-10/h2-7H,1H3. The van der Waals surface area contributed by atoms with E-state index >= 15 is 0 Å². The number of halogens is 1. The minimum absolute atomic E-state index is 0.341. The van der Waals surface area contributed by atoms with Crippen molar-refractivity contribution in [1.82, 2.24) is 9.38 Å². The van der Waals surface area contributed by atoms with Crippen molar-refractivity contribution in [2.45, 2.75) is 6.92 Å². The molecule has 0 fully saturated rings. The molecule has 16 heavy (non-hydrogen) atoms. The molecule has 0 bridgehead atoms. The molecule has 80 valence electrons. The van der Waals surface area contributed by atoms with Gasteiger partial charge in [0.25, 0.3) is 0 Å². The SMILES string of the molecule is Cc1cccc(-c2[se]c3nccn3c2I)c1. The molecule has 0 radical (unpaired) electrons. The maximum absolute atomic E-state index is 4.39. The van der Waals surface area contributed by atoms with Gasteiger partial charge >= 0.3 is 114 Å². The fourth-order valence-electron chi connectivity index (χ4n) is 1.72. The average Bonchev–Trinajstić information content (AvgIpc) is 2.82. The molecule has 0 unspecified atom stereocenters. The maximum atomic E-state index is 4.39. The predicted octanol–water partition coefficient (Wildman–Crippen LogP) is 2.97. The Morgan fingerprint density at radius 3 is 3.00 bits per heavy atom. The zero-order valence-electron chi connectivity index (χ0n) is 8.64. The van der Waals surface area contributed by atoms with E-state index in [4.69, 9.17) is 0 Å². The van der Waals surface area contributed by atoms with Crippen molar-refractivity contribution in [2.24, 2.45) is 0 Å². The molecule has 2 nitrogen and oxygen atoms in total. The van der Waals surface area contributed by atoms with Gasteiger partial charge in [0.2, 0.25) is 0 Å². The number of benzene rings is 1. The van der Waals surface area contributed by atoms with Crippen LogP contribution >= 0.6 is 22.6 Å². The first-order valence-electron chi connectivity index (χ1n) is 4.94. The van der Waals surface area contributed by atoms with Crippen LogP contribution in [-0.2, 0) is 0 Å². The minimum atomic E-state index is 0.341. The third kappa shape index (κ3) is 1.65. The molecule has 0 aliphatic heterocycles. The summed E-state index contributed by atoms with van der Waals surface area (Å²) >= 11 is 2.76. The fraction of sp³-hybridized carbons (Fsp3) is 0.0833. The summed E-state index contributed by atoms with van der Waals surface area (Å²) in [6, 6.07) is 8.70. The first-order chi connectivity index (χ1) is 7.75. The summed E-state index contributed by atoms with van der Waals surface area (Å²) in [7, 11) is 0. The van der Waals surface area contributed by atoms with Gasteiger partial charge in [-0.1, -0.05) is 0 Å². The molecule has 3 aromatic rings. The normalized spacial score (nSPS) is 11.1. The van der Waals surface area contributed by atoms with E-state index < -0.39 is 0 Å². The Kier molecular flexibility index (Phi) is 2.65. The zero-order chi connectivity index (χ0) is 11.1. The van der Waals surface area contributed by atoms with Crippen LogP contribution in [0.4, 0.5) is 0 Å². The Hall–Kier alpha value is -0.581. The van der Waals surface area contributed by atoms with Crippen LogP contribution in [0, 0.1) is 10.6 Å². The summed E-state index contributed by atoms with van der Waals surface area (Å²) in [6.07, 6.45) is 3.92. The molecule has 0 saturated carbocycles. The van der Waals surface area contributed by atoms with E-state index in [1.54, 1.807) is 0 Å². The Bertz CT molecular complexity index is 654. The molecule has 3 rings (SSSR count). The van der Waals surface area contributed by atoms with Crippen LogP contribution in [0.15, 0.2) is 36.7 Å². The van der Waals surface area contributed by atoms with Crippen LogP contribution < -0.4 is 0 Å². The molecule has 0 amide bonds. The van der Waals surface area contributed by atoms with Crippen LogP contribution in [0.5, 0.6) is 0 Å². The molecule has 1 aromatic carbocycles. The van der Waals surface area contributed by atoms with Gasteiger partial charge in [-0.25, -0.2) is 0 Å². The van der Waals surface area contributed by atoms with E-state index in [9.17, 15) is 0 Å². The number of fused-ring (bicyclic) bond motifs is 1. The number of imidazole rings is 1. The van der Waals surface area contributed by atoms with Gasteiger partial charge in [-0.15, -0.1) is 0 Å². The Labute approximate surface area is 113 Å². The van der Waals surface area contributed by atoms with Crippen LogP contribution in [-0.4, -0.2) is 23.9 Å². The summed E-state index contributed by atoms with van der Waals surface area (Å²) in [5.74, 6) is 0. The molecule has 2 heterocycles. The third-order valence-corrected chi connectivity index (χ3v) is 6.71. The van der Waals surface area contributed by atoms with Gasteiger partial charge in [-0.2, -0.15) is 0 Å². The first kappa shape index (κ1) is 10.6. The van der Waals surface area contributed by atoms with Gasteiger partial charge in [0, 0.05) is 0 Å². The van der Waals surface area contributed by atoms with Gasteiger partial charge in [-0.3, -0.25) is 0 Å². The Balaban J connectivity index is 2.25. The van der Waals surface area contributed by atoms with Crippen LogP contribution in [0.1, 0.15) is 5.56 Å². The van der Waals surface area contributed by atoms with E-state index in [0.717, 1.165) is 0 Å². The molecule has 0 aliphatic carbocycles. The molecule has 0 saturated heterocycles. The quantitative estimate of drug-likeness (QED) is 0.464. The zero-order valence-corrected chi connectivity index (χ0v) is 12.5. The van der Waals surface area contributed by atoms with Gasteiger partial charge < -0.3 is 0 Å². The molecule has 0 N–H and O–H groups in total. The molecule has 4 heteroatoms. The second-order valence-corrected chi connectivity index (χ2v) is 6.74. The fourth-order valence-corrected chi connectivity index (χ4v) is 5.41. The van der Waals surface area contributed by atoms with E-state index in [0.29, 0.717) is 14.5 Å². The van der Waals surface area contributed by atoms with Crippen molar-refractivity contribution in [3.8, 4) is 10.0 Å². The summed E-state index contributed by atoms with van der Waals surface area (Å²) in [4.78, 5) is 4.39. The Morgan fingerprint density at radius 2 is 2.25 bits per heavy atom. The van der Waals surface area contributed by atoms with Gasteiger partial charge in [0.15, 0.2) is 0 Å².